The minimum atomic E-state index is -2.51. The second-order valence-corrected chi connectivity index (χ2v) is 5.51. The summed E-state index contributed by atoms with van der Waals surface area (Å²) in [5, 5.41) is 11.5. The Hall–Kier alpha value is -1.57. The molecule has 1 aromatic rings. The first-order valence-electron chi connectivity index (χ1n) is 5.97. The number of hydrogen-bond donors (Lipinski definition) is 2. The summed E-state index contributed by atoms with van der Waals surface area (Å²) in [6.45, 7) is 0. The van der Waals surface area contributed by atoms with E-state index < -0.39 is 23.2 Å². The monoisotopic (exact) mass is 305 g/mol. The summed E-state index contributed by atoms with van der Waals surface area (Å²) in [4.78, 5) is 23.0. The van der Waals surface area contributed by atoms with E-state index >= 15 is 0 Å². The van der Waals surface area contributed by atoms with Gasteiger partial charge in [0.05, 0.1) is 5.75 Å². The molecule has 5 nitrogen and oxygen atoms in total. The number of alkyl halides is 2. The maximum Gasteiger partial charge on any atom is 0.329 e. The zero-order valence-corrected chi connectivity index (χ0v) is 11.2. The number of aliphatic carboxylic acids is 1. The molecule has 0 atom stereocenters. The average molecular weight is 305 g/mol. The molecule has 2 rings (SSSR count). The molecule has 8 heteroatoms. The molecule has 1 fully saturated rings. The van der Waals surface area contributed by atoms with E-state index in [1.165, 1.54) is 12.1 Å². The highest BCUT2D eigenvalue weighted by Gasteiger charge is 2.46. The molecule has 1 amide bonds. The molecule has 110 valence electrons. The summed E-state index contributed by atoms with van der Waals surface area (Å²) < 4.78 is 29.2. The number of hydrogen-bond acceptors (Lipinski definition) is 4. The van der Waals surface area contributed by atoms with Crippen molar-refractivity contribution in [2.75, 3.05) is 0 Å². The Morgan fingerprint density at radius 3 is 2.65 bits per heavy atom. The van der Waals surface area contributed by atoms with E-state index in [0.717, 1.165) is 6.42 Å². The molecule has 1 aliphatic carbocycles. The maximum atomic E-state index is 12.0. The normalized spacial score (nSPS) is 16.8. The fraction of sp³-hybridized carbons (Fsp3) is 0.500. The number of carboxylic acid groups (broad SMARTS) is 1. The Kier molecular flexibility index (Phi) is 4.32. The number of furan rings is 1. The van der Waals surface area contributed by atoms with Gasteiger partial charge in [-0.3, -0.25) is 4.79 Å². The van der Waals surface area contributed by atoms with Crippen LogP contribution in [0.2, 0.25) is 0 Å². The molecule has 1 heterocycles. The van der Waals surface area contributed by atoms with Gasteiger partial charge in [0.1, 0.15) is 11.3 Å². The minimum Gasteiger partial charge on any atom is -0.480 e. The van der Waals surface area contributed by atoms with E-state index in [0.29, 0.717) is 24.6 Å². The van der Waals surface area contributed by atoms with Crippen molar-refractivity contribution in [1.82, 2.24) is 5.32 Å². The lowest BCUT2D eigenvalue weighted by Gasteiger charge is -2.37. The lowest BCUT2D eigenvalue weighted by Crippen LogP contribution is -2.59. The van der Waals surface area contributed by atoms with E-state index in [9.17, 15) is 18.4 Å². The molecular weight excluding hydrogens is 292 g/mol. The van der Waals surface area contributed by atoms with Crippen molar-refractivity contribution in [3.8, 4) is 0 Å². The van der Waals surface area contributed by atoms with Crippen LogP contribution in [0.1, 0.15) is 35.6 Å². The van der Waals surface area contributed by atoms with Crippen LogP contribution in [-0.2, 0) is 10.5 Å². The maximum absolute atomic E-state index is 12.0. The second kappa shape index (κ2) is 5.82. The van der Waals surface area contributed by atoms with Crippen molar-refractivity contribution < 1.29 is 27.9 Å². The number of carbonyl (C=O) groups excluding carboxylic acids is 1. The van der Waals surface area contributed by atoms with Crippen molar-refractivity contribution in [2.24, 2.45) is 0 Å². The Morgan fingerprint density at radius 1 is 1.45 bits per heavy atom. The lowest BCUT2D eigenvalue weighted by atomic mass is 9.76. The van der Waals surface area contributed by atoms with Gasteiger partial charge in [-0.25, -0.2) is 4.79 Å². The van der Waals surface area contributed by atoms with Gasteiger partial charge in [-0.15, -0.1) is 0 Å². The van der Waals surface area contributed by atoms with Crippen molar-refractivity contribution in [3.63, 3.8) is 0 Å². The molecule has 1 aliphatic rings. The Morgan fingerprint density at radius 2 is 2.15 bits per heavy atom. The summed E-state index contributed by atoms with van der Waals surface area (Å²) in [6.07, 6.45) is 1.49. The van der Waals surface area contributed by atoms with Crippen molar-refractivity contribution in [3.05, 3.63) is 23.7 Å². The molecule has 0 saturated heterocycles. The number of halogens is 2. The second-order valence-electron chi connectivity index (χ2n) is 4.53. The van der Waals surface area contributed by atoms with Gasteiger partial charge in [0, 0.05) is 0 Å². The summed E-state index contributed by atoms with van der Waals surface area (Å²) in [5.74, 6) is -4.09. The summed E-state index contributed by atoms with van der Waals surface area (Å²) >= 11 is 0.390. The number of carboxylic acids is 1. The highest BCUT2D eigenvalue weighted by atomic mass is 32.2. The van der Waals surface area contributed by atoms with E-state index in [2.05, 4.69) is 5.32 Å². The van der Waals surface area contributed by atoms with Crippen LogP contribution < -0.4 is 5.32 Å². The van der Waals surface area contributed by atoms with E-state index in [1.54, 1.807) is 0 Å². The highest BCUT2D eigenvalue weighted by molar-refractivity contribution is 7.98. The summed E-state index contributed by atoms with van der Waals surface area (Å²) in [5.41, 5.74) is -1.22. The van der Waals surface area contributed by atoms with Gasteiger partial charge < -0.3 is 14.8 Å². The number of thioether (sulfide) groups is 1. The predicted octanol–water partition coefficient (Wildman–Crippen LogP) is 2.47. The highest BCUT2D eigenvalue weighted by Crippen LogP contribution is 2.32. The molecule has 0 unspecified atom stereocenters. The first kappa shape index (κ1) is 14.8. The van der Waals surface area contributed by atoms with E-state index in [-0.39, 0.29) is 17.3 Å². The van der Waals surface area contributed by atoms with Crippen molar-refractivity contribution in [1.29, 1.82) is 0 Å². The number of carbonyl (C=O) groups is 2. The van der Waals surface area contributed by atoms with Crippen LogP contribution in [0.15, 0.2) is 16.5 Å². The standard InChI is InChI=1S/C12H13F2NO4S/c13-11(14)20-6-7-2-3-8(19-7)9(16)15-12(10(17)18)4-1-5-12/h2-3,11H,1,4-6H2,(H,15,16)(H,17,18). The van der Waals surface area contributed by atoms with Gasteiger partial charge in [0.25, 0.3) is 11.7 Å². The first-order chi connectivity index (χ1) is 9.43. The summed E-state index contributed by atoms with van der Waals surface area (Å²) in [6, 6.07) is 2.78. The third-order valence-electron chi connectivity index (χ3n) is 3.21. The average Bonchev–Trinajstić information content (AvgIpc) is 2.79. The fourth-order valence-corrected chi connectivity index (χ4v) is 2.37. The Bertz CT molecular complexity index is 513. The van der Waals surface area contributed by atoms with Gasteiger partial charge in [-0.05, 0) is 31.4 Å². The molecule has 1 aromatic heterocycles. The molecule has 2 N–H and O–H groups in total. The van der Waals surface area contributed by atoms with Gasteiger partial charge in [0.2, 0.25) is 0 Å². The minimum absolute atomic E-state index is 0.0466. The SMILES string of the molecule is O=C(NC1(C(=O)O)CCC1)c1ccc(CSC(F)F)o1. The van der Waals surface area contributed by atoms with Crippen molar-refractivity contribution in [2.45, 2.75) is 36.3 Å². The lowest BCUT2D eigenvalue weighted by molar-refractivity contribution is -0.148. The van der Waals surface area contributed by atoms with Crippen LogP contribution in [0.3, 0.4) is 0 Å². The van der Waals surface area contributed by atoms with Crippen molar-refractivity contribution >= 4 is 23.6 Å². The molecule has 1 saturated carbocycles. The molecule has 0 bridgehead atoms. The third-order valence-corrected chi connectivity index (χ3v) is 3.91. The topological polar surface area (TPSA) is 79.5 Å². The third kappa shape index (κ3) is 3.12. The van der Waals surface area contributed by atoms with Crippen LogP contribution in [0.25, 0.3) is 0 Å². The van der Waals surface area contributed by atoms with E-state index in [1.807, 2.05) is 0 Å². The largest absolute Gasteiger partial charge is 0.480 e. The molecule has 0 radical (unpaired) electrons. The molecule has 0 spiro atoms. The van der Waals surface area contributed by atoms with Crippen LogP contribution >= 0.6 is 11.8 Å². The van der Waals surface area contributed by atoms with Gasteiger partial charge in [-0.2, -0.15) is 8.78 Å². The van der Waals surface area contributed by atoms with Gasteiger partial charge in [0.15, 0.2) is 5.76 Å². The molecule has 20 heavy (non-hydrogen) atoms. The number of nitrogens with one attached hydrogen (secondary N) is 1. The number of rotatable bonds is 6. The van der Waals surface area contributed by atoms with Crippen LogP contribution in [0.5, 0.6) is 0 Å². The molecule has 0 aromatic carbocycles. The molecular formula is C12H13F2NO4S. The molecule has 0 aliphatic heterocycles. The van der Waals surface area contributed by atoms with Crippen LogP contribution in [0.4, 0.5) is 8.78 Å². The smallest absolute Gasteiger partial charge is 0.329 e. The number of amides is 1. The Labute approximate surface area is 117 Å². The first-order valence-corrected chi connectivity index (χ1v) is 7.02. The summed E-state index contributed by atoms with van der Waals surface area (Å²) in [7, 11) is 0. The van der Waals surface area contributed by atoms with E-state index in [4.69, 9.17) is 9.52 Å². The zero-order chi connectivity index (χ0) is 14.8. The van der Waals surface area contributed by atoms with Gasteiger partial charge in [-0.1, -0.05) is 11.8 Å². The zero-order valence-electron chi connectivity index (χ0n) is 10.4. The van der Waals surface area contributed by atoms with Crippen LogP contribution in [0, 0.1) is 0 Å². The predicted molar refractivity (Wildman–Crippen MR) is 67.7 cm³/mol. The van der Waals surface area contributed by atoms with Crippen LogP contribution in [-0.4, -0.2) is 28.3 Å². The van der Waals surface area contributed by atoms with Gasteiger partial charge >= 0.3 is 5.97 Å². The fourth-order valence-electron chi connectivity index (χ4n) is 1.92. The quantitative estimate of drug-likeness (QED) is 0.844. The Balaban J connectivity index is 1.97.